The van der Waals surface area contributed by atoms with E-state index in [-0.39, 0.29) is 11.5 Å². The molecule has 0 bridgehead atoms. The first kappa shape index (κ1) is 20.7. The second-order valence-corrected chi connectivity index (χ2v) is 8.07. The minimum absolute atomic E-state index is 0.133. The molecule has 1 aromatic carbocycles. The van der Waals surface area contributed by atoms with Crippen LogP contribution in [0.4, 0.5) is 0 Å². The van der Waals surface area contributed by atoms with Gasteiger partial charge in [0.1, 0.15) is 0 Å². The van der Waals surface area contributed by atoms with Crippen LogP contribution in [0, 0.1) is 0 Å². The van der Waals surface area contributed by atoms with Crippen molar-refractivity contribution < 1.29 is 9.47 Å². The van der Waals surface area contributed by atoms with E-state index in [1.165, 1.54) is 0 Å². The van der Waals surface area contributed by atoms with Gasteiger partial charge in [-0.2, -0.15) is 0 Å². The summed E-state index contributed by atoms with van der Waals surface area (Å²) < 4.78 is 11.3. The Labute approximate surface area is 171 Å². The molecule has 5 nitrogen and oxygen atoms in total. The minimum Gasteiger partial charge on any atom is -0.381 e. The van der Waals surface area contributed by atoms with Gasteiger partial charge in [0.25, 0.3) is 0 Å². The number of ether oxygens (including phenoxy) is 2. The van der Waals surface area contributed by atoms with Gasteiger partial charge in [0.05, 0.1) is 12.6 Å². The molecule has 7 heteroatoms. The van der Waals surface area contributed by atoms with E-state index in [4.69, 9.17) is 37.7 Å². The molecule has 1 aromatic rings. The van der Waals surface area contributed by atoms with Crippen LogP contribution in [0.5, 0.6) is 0 Å². The molecule has 1 unspecified atom stereocenters. The molecule has 2 aliphatic rings. The third-order valence-electron chi connectivity index (χ3n) is 5.36. The van der Waals surface area contributed by atoms with Gasteiger partial charge in [0.2, 0.25) is 0 Å². The van der Waals surface area contributed by atoms with Crippen molar-refractivity contribution in [2.75, 3.05) is 39.5 Å². The summed E-state index contributed by atoms with van der Waals surface area (Å²) >= 11 is 12.7. The number of nitrogens with one attached hydrogen (secondary N) is 2. The Morgan fingerprint density at radius 1 is 1.22 bits per heavy atom. The molecule has 1 atom stereocenters. The average molecular weight is 414 g/mol. The van der Waals surface area contributed by atoms with Crippen LogP contribution in [0.2, 0.25) is 10.0 Å². The maximum atomic E-state index is 6.55. The maximum Gasteiger partial charge on any atom is 0.191 e. The molecule has 2 aliphatic heterocycles. The van der Waals surface area contributed by atoms with E-state index in [0.717, 1.165) is 56.9 Å². The highest BCUT2D eigenvalue weighted by Crippen LogP contribution is 2.39. The van der Waals surface area contributed by atoms with Crippen LogP contribution in [0.15, 0.2) is 23.2 Å². The van der Waals surface area contributed by atoms with E-state index >= 15 is 0 Å². The lowest BCUT2D eigenvalue weighted by molar-refractivity contribution is 0.0531. The molecule has 2 saturated heterocycles. The van der Waals surface area contributed by atoms with Crippen LogP contribution in [-0.2, 0) is 14.9 Å². The van der Waals surface area contributed by atoms with Crippen LogP contribution in [0.3, 0.4) is 0 Å². The molecule has 0 spiro atoms. The Hall–Kier alpha value is -1.01. The Bertz CT molecular complexity index is 642. The van der Waals surface area contributed by atoms with Gasteiger partial charge >= 0.3 is 0 Å². The molecule has 27 heavy (non-hydrogen) atoms. The first-order valence-corrected chi connectivity index (χ1v) is 10.6. The fourth-order valence-corrected chi connectivity index (χ4v) is 4.39. The van der Waals surface area contributed by atoms with E-state index in [0.29, 0.717) is 29.8 Å². The standard InChI is InChI=1S/C20H29Cl2N3O2/c1-2-23-19(24-13-16-4-3-9-27-16)25-14-20(7-10-26-11-8-20)17-6-5-15(21)12-18(17)22/h5-6,12,16H,2-4,7-11,13-14H2,1H3,(H2,23,24,25). The summed E-state index contributed by atoms with van der Waals surface area (Å²) in [6.45, 7) is 6.61. The topological polar surface area (TPSA) is 54.9 Å². The normalized spacial score (nSPS) is 22.6. The number of halogens is 2. The predicted octanol–water partition coefficient (Wildman–Crippen LogP) is 3.78. The summed E-state index contributed by atoms with van der Waals surface area (Å²) in [7, 11) is 0. The third kappa shape index (κ3) is 5.50. The van der Waals surface area contributed by atoms with E-state index in [1.807, 2.05) is 18.2 Å². The average Bonchev–Trinajstić information content (AvgIpc) is 3.18. The quantitative estimate of drug-likeness (QED) is 0.550. The molecular weight excluding hydrogens is 385 g/mol. The van der Waals surface area contributed by atoms with Crippen LogP contribution < -0.4 is 10.6 Å². The van der Waals surface area contributed by atoms with Crippen LogP contribution >= 0.6 is 23.2 Å². The lowest BCUT2D eigenvalue weighted by atomic mass is 9.74. The largest absolute Gasteiger partial charge is 0.381 e. The number of aliphatic imine (C=N–C) groups is 1. The predicted molar refractivity (Wildman–Crippen MR) is 111 cm³/mol. The summed E-state index contributed by atoms with van der Waals surface area (Å²) in [5, 5.41) is 8.12. The number of rotatable bonds is 6. The smallest absolute Gasteiger partial charge is 0.191 e. The monoisotopic (exact) mass is 413 g/mol. The lowest BCUT2D eigenvalue weighted by Crippen LogP contribution is -2.43. The number of nitrogens with zero attached hydrogens (tertiary/aromatic N) is 1. The SMILES string of the molecule is CCNC(=NCC1(c2ccc(Cl)cc2Cl)CCOCC1)NCC1CCCO1. The fourth-order valence-electron chi connectivity index (χ4n) is 3.78. The maximum absolute atomic E-state index is 6.55. The Morgan fingerprint density at radius 2 is 2.04 bits per heavy atom. The number of hydrogen-bond acceptors (Lipinski definition) is 3. The molecule has 0 radical (unpaired) electrons. The minimum atomic E-state index is -0.133. The zero-order chi connectivity index (χ0) is 19.1. The van der Waals surface area contributed by atoms with Crippen LogP contribution in [-0.4, -0.2) is 51.5 Å². The van der Waals surface area contributed by atoms with E-state index in [1.54, 1.807) is 0 Å². The first-order chi connectivity index (χ1) is 13.1. The molecule has 2 fully saturated rings. The molecule has 0 aliphatic carbocycles. The Kier molecular flexibility index (Phi) is 7.65. The molecule has 0 saturated carbocycles. The highest BCUT2D eigenvalue weighted by molar-refractivity contribution is 6.35. The fraction of sp³-hybridized carbons (Fsp3) is 0.650. The molecule has 150 valence electrons. The Morgan fingerprint density at radius 3 is 2.70 bits per heavy atom. The van der Waals surface area contributed by atoms with Crippen molar-refractivity contribution in [3.63, 3.8) is 0 Å². The highest BCUT2D eigenvalue weighted by Gasteiger charge is 2.36. The highest BCUT2D eigenvalue weighted by atomic mass is 35.5. The second kappa shape index (κ2) is 9.97. The summed E-state index contributed by atoms with van der Waals surface area (Å²) in [6, 6.07) is 5.77. The molecule has 2 heterocycles. The van der Waals surface area contributed by atoms with Gasteiger partial charge in [-0.1, -0.05) is 29.3 Å². The van der Waals surface area contributed by atoms with Gasteiger partial charge in [-0.25, -0.2) is 0 Å². The molecular formula is C20H29Cl2N3O2. The van der Waals surface area contributed by atoms with Gasteiger partial charge in [-0.3, -0.25) is 4.99 Å². The van der Waals surface area contributed by atoms with E-state index < -0.39 is 0 Å². The van der Waals surface area contributed by atoms with Gasteiger partial charge in [0.15, 0.2) is 5.96 Å². The molecule has 3 rings (SSSR count). The summed E-state index contributed by atoms with van der Waals surface area (Å²) in [6.07, 6.45) is 4.30. The zero-order valence-corrected chi connectivity index (χ0v) is 17.4. The van der Waals surface area contributed by atoms with E-state index in [9.17, 15) is 0 Å². The van der Waals surface area contributed by atoms with Crippen molar-refractivity contribution in [1.82, 2.24) is 10.6 Å². The summed E-state index contributed by atoms with van der Waals surface area (Å²) in [5.74, 6) is 0.823. The lowest BCUT2D eigenvalue weighted by Gasteiger charge is -2.37. The number of guanidine groups is 1. The van der Waals surface area contributed by atoms with Gasteiger partial charge in [-0.05, 0) is 50.3 Å². The van der Waals surface area contributed by atoms with Crippen LogP contribution in [0.1, 0.15) is 38.2 Å². The summed E-state index contributed by atoms with van der Waals surface area (Å²) in [4.78, 5) is 4.90. The second-order valence-electron chi connectivity index (χ2n) is 7.23. The third-order valence-corrected chi connectivity index (χ3v) is 5.91. The number of hydrogen-bond donors (Lipinski definition) is 2. The molecule has 0 aromatic heterocycles. The van der Waals surface area contributed by atoms with Crippen molar-refractivity contribution >= 4 is 29.2 Å². The first-order valence-electron chi connectivity index (χ1n) is 9.80. The number of benzene rings is 1. The van der Waals surface area contributed by atoms with Gasteiger partial charge < -0.3 is 20.1 Å². The zero-order valence-electron chi connectivity index (χ0n) is 15.9. The summed E-state index contributed by atoms with van der Waals surface area (Å²) in [5.41, 5.74) is 0.974. The molecule has 0 amide bonds. The van der Waals surface area contributed by atoms with Crippen molar-refractivity contribution in [2.24, 2.45) is 4.99 Å². The Balaban J connectivity index is 1.76. The van der Waals surface area contributed by atoms with Crippen molar-refractivity contribution in [1.29, 1.82) is 0 Å². The van der Waals surface area contributed by atoms with Crippen LogP contribution in [0.25, 0.3) is 0 Å². The van der Waals surface area contributed by atoms with Crippen molar-refractivity contribution in [3.8, 4) is 0 Å². The van der Waals surface area contributed by atoms with Crippen molar-refractivity contribution in [2.45, 2.75) is 44.1 Å². The van der Waals surface area contributed by atoms with Crippen molar-refractivity contribution in [3.05, 3.63) is 33.8 Å². The van der Waals surface area contributed by atoms with Gasteiger partial charge in [-0.15, -0.1) is 0 Å². The van der Waals surface area contributed by atoms with E-state index in [2.05, 4.69) is 17.6 Å². The molecule has 2 N–H and O–H groups in total. The van der Waals surface area contributed by atoms with Gasteiger partial charge in [0, 0.05) is 48.4 Å².